The number of carbonyl (C=O) groups is 1. The molecule has 14 heavy (non-hydrogen) atoms. The van der Waals surface area contributed by atoms with Crippen molar-refractivity contribution < 1.29 is 15.0 Å². The normalized spacial score (nSPS) is 40.7. The van der Waals surface area contributed by atoms with Gasteiger partial charge in [-0.05, 0) is 12.8 Å². The molecule has 0 radical (unpaired) electrons. The van der Waals surface area contributed by atoms with Crippen molar-refractivity contribution in [3.63, 3.8) is 0 Å². The Balaban J connectivity index is 1.97. The Labute approximate surface area is 82.7 Å². The fourth-order valence-electron chi connectivity index (χ4n) is 2.06. The fourth-order valence-corrected chi connectivity index (χ4v) is 2.06. The molecule has 0 aliphatic heterocycles. The Hall–Kier alpha value is -0.930. The summed E-state index contributed by atoms with van der Waals surface area (Å²) in [6.07, 6.45) is 6.92. The van der Waals surface area contributed by atoms with Crippen LogP contribution in [0.3, 0.4) is 0 Å². The molecule has 4 unspecified atom stereocenters. The first-order valence-electron chi connectivity index (χ1n) is 4.93. The summed E-state index contributed by atoms with van der Waals surface area (Å²) in [7, 11) is 0. The van der Waals surface area contributed by atoms with Gasteiger partial charge in [-0.2, -0.15) is 0 Å². The zero-order chi connectivity index (χ0) is 10.1. The zero-order valence-corrected chi connectivity index (χ0v) is 7.84. The second-order valence-corrected chi connectivity index (χ2v) is 3.99. The summed E-state index contributed by atoms with van der Waals surface area (Å²) in [5.41, 5.74) is 0. The molecular formula is C11H14O3. The minimum atomic E-state index is -0.473. The highest BCUT2D eigenvalue weighted by Gasteiger charge is 2.31. The van der Waals surface area contributed by atoms with Crippen molar-refractivity contribution in [2.45, 2.75) is 25.0 Å². The Kier molecular flexibility index (Phi) is 2.52. The van der Waals surface area contributed by atoms with Gasteiger partial charge in [0, 0.05) is 11.8 Å². The van der Waals surface area contributed by atoms with Gasteiger partial charge in [0.25, 0.3) is 0 Å². The summed E-state index contributed by atoms with van der Waals surface area (Å²) in [6.45, 7) is 0. The molecule has 76 valence electrons. The lowest BCUT2D eigenvalue weighted by atomic mass is 9.91. The molecule has 0 aromatic carbocycles. The van der Waals surface area contributed by atoms with Gasteiger partial charge in [0.15, 0.2) is 0 Å². The van der Waals surface area contributed by atoms with Crippen molar-refractivity contribution >= 4 is 5.78 Å². The van der Waals surface area contributed by atoms with E-state index < -0.39 is 12.2 Å². The molecular weight excluding hydrogens is 180 g/mol. The van der Waals surface area contributed by atoms with E-state index in [0.717, 1.165) is 0 Å². The molecule has 0 saturated carbocycles. The highest BCUT2D eigenvalue weighted by atomic mass is 16.3. The SMILES string of the molecule is O=C(C1C=CC(O)C1)C1C=CC(O)C1. The van der Waals surface area contributed by atoms with Crippen LogP contribution >= 0.6 is 0 Å². The van der Waals surface area contributed by atoms with Crippen LogP contribution in [0, 0.1) is 11.8 Å². The minimum Gasteiger partial charge on any atom is -0.389 e. The largest absolute Gasteiger partial charge is 0.389 e. The average molecular weight is 194 g/mol. The molecule has 0 aromatic heterocycles. The predicted octanol–water partition coefficient (Wildman–Crippen LogP) is 0.429. The third-order valence-electron chi connectivity index (χ3n) is 2.85. The molecule has 3 heteroatoms. The molecule has 2 aliphatic rings. The van der Waals surface area contributed by atoms with Crippen LogP contribution in [-0.2, 0) is 4.79 Å². The van der Waals surface area contributed by atoms with Gasteiger partial charge in [-0.3, -0.25) is 4.79 Å². The Morgan fingerprint density at radius 2 is 1.36 bits per heavy atom. The molecule has 0 amide bonds. The molecule has 0 spiro atoms. The van der Waals surface area contributed by atoms with Gasteiger partial charge in [-0.25, -0.2) is 0 Å². The minimum absolute atomic E-state index is 0.116. The lowest BCUT2D eigenvalue weighted by molar-refractivity contribution is -0.124. The van der Waals surface area contributed by atoms with Crippen LogP contribution in [0.4, 0.5) is 0 Å². The molecule has 0 saturated heterocycles. The lowest BCUT2D eigenvalue weighted by Gasteiger charge is -2.12. The van der Waals surface area contributed by atoms with Gasteiger partial charge in [0.1, 0.15) is 5.78 Å². The molecule has 2 aliphatic carbocycles. The fraction of sp³-hybridized carbons (Fsp3) is 0.545. The Morgan fingerprint density at radius 3 is 1.64 bits per heavy atom. The molecule has 0 fully saturated rings. The maximum atomic E-state index is 11.8. The number of allylic oxidation sites excluding steroid dienone is 2. The zero-order valence-electron chi connectivity index (χ0n) is 7.84. The summed E-state index contributed by atoms with van der Waals surface area (Å²) in [5, 5.41) is 18.5. The van der Waals surface area contributed by atoms with E-state index >= 15 is 0 Å². The predicted molar refractivity (Wildman–Crippen MR) is 51.5 cm³/mol. The third-order valence-corrected chi connectivity index (χ3v) is 2.85. The van der Waals surface area contributed by atoms with E-state index in [1.807, 2.05) is 0 Å². The van der Waals surface area contributed by atoms with Crippen LogP contribution in [0.15, 0.2) is 24.3 Å². The second kappa shape index (κ2) is 3.67. The smallest absolute Gasteiger partial charge is 0.146 e. The van der Waals surface area contributed by atoms with Gasteiger partial charge in [0.05, 0.1) is 12.2 Å². The summed E-state index contributed by atoms with van der Waals surface area (Å²) in [6, 6.07) is 0. The van der Waals surface area contributed by atoms with Crippen LogP contribution < -0.4 is 0 Å². The van der Waals surface area contributed by atoms with Crippen LogP contribution in [0.2, 0.25) is 0 Å². The lowest BCUT2D eigenvalue weighted by Crippen LogP contribution is -2.21. The number of hydrogen-bond donors (Lipinski definition) is 2. The molecule has 0 bridgehead atoms. The molecule has 3 nitrogen and oxygen atoms in total. The van der Waals surface area contributed by atoms with E-state index in [0.29, 0.717) is 12.8 Å². The maximum absolute atomic E-state index is 11.8. The Morgan fingerprint density at radius 1 is 0.929 bits per heavy atom. The van der Waals surface area contributed by atoms with Crippen molar-refractivity contribution in [2.75, 3.05) is 0 Å². The molecule has 0 heterocycles. The van der Waals surface area contributed by atoms with Crippen LogP contribution in [0.1, 0.15) is 12.8 Å². The first-order valence-corrected chi connectivity index (χ1v) is 4.93. The monoisotopic (exact) mass is 194 g/mol. The molecule has 2 rings (SSSR count). The summed E-state index contributed by atoms with van der Waals surface area (Å²) in [4.78, 5) is 11.8. The number of aliphatic hydroxyl groups is 2. The summed E-state index contributed by atoms with van der Waals surface area (Å²) < 4.78 is 0. The van der Waals surface area contributed by atoms with E-state index in [4.69, 9.17) is 0 Å². The van der Waals surface area contributed by atoms with E-state index in [2.05, 4.69) is 0 Å². The van der Waals surface area contributed by atoms with E-state index in [1.165, 1.54) is 0 Å². The van der Waals surface area contributed by atoms with Gasteiger partial charge in [-0.15, -0.1) is 0 Å². The van der Waals surface area contributed by atoms with Crippen molar-refractivity contribution in [1.29, 1.82) is 0 Å². The maximum Gasteiger partial charge on any atom is 0.146 e. The quantitative estimate of drug-likeness (QED) is 0.627. The van der Waals surface area contributed by atoms with Crippen LogP contribution in [-0.4, -0.2) is 28.2 Å². The van der Waals surface area contributed by atoms with E-state index in [9.17, 15) is 15.0 Å². The van der Waals surface area contributed by atoms with Crippen molar-refractivity contribution in [3.05, 3.63) is 24.3 Å². The van der Waals surface area contributed by atoms with Crippen LogP contribution in [0.5, 0.6) is 0 Å². The van der Waals surface area contributed by atoms with Crippen molar-refractivity contribution in [1.82, 2.24) is 0 Å². The number of ketones is 1. The van der Waals surface area contributed by atoms with Crippen molar-refractivity contribution in [2.24, 2.45) is 11.8 Å². The highest BCUT2D eigenvalue weighted by Crippen LogP contribution is 2.27. The summed E-state index contributed by atoms with van der Waals surface area (Å²) in [5.74, 6) is -0.208. The molecule has 0 aromatic rings. The number of aliphatic hydroxyl groups excluding tert-OH is 2. The van der Waals surface area contributed by atoms with Gasteiger partial charge in [0.2, 0.25) is 0 Å². The van der Waals surface area contributed by atoms with Crippen molar-refractivity contribution in [3.8, 4) is 0 Å². The average Bonchev–Trinajstić information content (AvgIpc) is 2.73. The van der Waals surface area contributed by atoms with E-state index in [1.54, 1.807) is 24.3 Å². The summed E-state index contributed by atoms with van der Waals surface area (Å²) >= 11 is 0. The van der Waals surface area contributed by atoms with E-state index in [-0.39, 0.29) is 17.6 Å². The number of hydrogen-bond acceptors (Lipinski definition) is 3. The number of rotatable bonds is 2. The van der Waals surface area contributed by atoms with Gasteiger partial charge < -0.3 is 10.2 Å². The third kappa shape index (κ3) is 1.79. The second-order valence-electron chi connectivity index (χ2n) is 3.99. The number of Topliss-reactive ketones (excluding diaryl/α,β-unsaturated/α-hetero) is 1. The van der Waals surface area contributed by atoms with Gasteiger partial charge >= 0.3 is 0 Å². The molecule has 4 atom stereocenters. The Bertz CT molecular complexity index is 265. The molecule has 2 N–H and O–H groups in total. The number of carbonyl (C=O) groups excluding carboxylic acids is 1. The highest BCUT2D eigenvalue weighted by molar-refractivity contribution is 5.87. The standard InChI is InChI=1S/C11H14O3/c12-9-3-1-7(5-9)11(14)8-2-4-10(13)6-8/h1-4,7-10,12-13H,5-6H2. The first kappa shape index (κ1) is 9.62. The van der Waals surface area contributed by atoms with Crippen LogP contribution in [0.25, 0.3) is 0 Å². The topological polar surface area (TPSA) is 57.5 Å². The first-order chi connectivity index (χ1) is 6.66. The van der Waals surface area contributed by atoms with Gasteiger partial charge in [-0.1, -0.05) is 24.3 Å².